The Morgan fingerprint density at radius 1 is 1.06 bits per heavy atom. The molecule has 1 N–H and O–H groups in total. The lowest BCUT2D eigenvalue weighted by molar-refractivity contribution is -0.140. The fourth-order valence-corrected chi connectivity index (χ4v) is 4.54. The summed E-state index contributed by atoms with van der Waals surface area (Å²) < 4.78 is 26.3. The molecule has 174 valence electrons. The molecule has 1 unspecified atom stereocenters. The Labute approximate surface area is 195 Å². The van der Waals surface area contributed by atoms with E-state index in [-0.39, 0.29) is 12.5 Å². The molecule has 0 aromatic heterocycles. The molecule has 32 heavy (non-hydrogen) atoms. The van der Waals surface area contributed by atoms with Crippen molar-refractivity contribution < 1.29 is 18.0 Å². The van der Waals surface area contributed by atoms with E-state index in [0.29, 0.717) is 17.1 Å². The molecule has 0 spiro atoms. The molecule has 7 nitrogen and oxygen atoms in total. The van der Waals surface area contributed by atoms with Gasteiger partial charge in [-0.1, -0.05) is 36.7 Å². The number of hydrogen-bond donors (Lipinski definition) is 1. The van der Waals surface area contributed by atoms with Gasteiger partial charge < -0.3 is 10.2 Å². The Morgan fingerprint density at radius 3 is 2.09 bits per heavy atom. The van der Waals surface area contributed by atoms with Crippen LogP contribution in [0.25, 0.3) is 0 Å². The number of carbonyl (C=O) groups is 2. The average molecular weight is 480 g/mol. The molecule has 1 atom stereocenters. The molecule has 0 radical (unpaired) electrons. The number of halogens is 1. The van der Waals surface area contributed by atoms with E-state index in [9.17, 15) is 18.0 Å². The predicted molar refractivity (Wildman–Crippen MR) is 128 cm³/mol. The molecule has 0 bridgehead atoms. The number of anilines is 1. The van der Waals surface area contributed by atoms with Gasteiger partial charge in [0.05, 0.1) is 11.9 Å². The summed E-state index contributed by atoms with van der Waals surface area (Å²) in [5.74, 6) is -0.785. The molecule has 9 heteroatoms. The third kappa shape index (κ3) is 6.71. The van der Waals surface area contributed by atoms with Crippen molar-refractivity contribution in [2.24, 2.45) is 0 Å². The summed E-state index contributed by atoms with van der Waals surface area (Å²) >= 11 is 5.97. The van der Waals surface area contributed by atoms with Crippen LogP contribution >= 0.6 is 11.6 Å². The lowest BCUT2D eigenvalue weighted by atomic mass is 10.1. The van der Waals surface area contributed by atoms with Crippen molar-refractivity contribution in [3.63, 3.8) is 0 Å². The first-order valence-corrected chi connectivity index (χ1v) is 12.5. The number of rotatable bonds is 9. The largest absolute Gasteiger partial charge is 0.357 e. The van der Waals surface area contributed by atoms with E-state index in [0.717, 1.165) is 27.3 Å². The first kappa shape index (κ1) is 25.7. The second-order valence-electron chi connectivity index (χ2n) is 7.80. The molecule has 0 aliphatic heterocycles. The van der Waals surface area contributed by atoms with E-state index in [1.54, 1.807) is 43.3 Å². The number of sulfonamides is 1. The summed E-state index contributed by atoms with van der Waals surface area (Å²) in [4.78, 5) is 27.4. The zero-order valence-electron chi connectivity index (χ0n) is 19.1. The molecule has 0 aliphatic carbocycles. The van der Waals surface area contributed by atoms with Gasteiger partial charge in [0.2, 0.25) is 21.8 Å². The van der Waals surface area contributed by atoms with Crippen LogP contribution in [0, 0.1) is 13.8 Å². The van der Waals surface area contributed by atoms with Gasteiger partial charge in [-0.2, -0.15) is 0 Å². The first-order valence-electron chi connectivity index (χ1n) is 10.3. The van der Waals surface area contributed by atoms with Crippen LogP contribution in [0.15, 0.2) is 42.5 Å². The van der Waals surface area contributed by atoms with E-state index in [4.69, 9.17) is 11.6 Å². The molecule has 0 fully saturated rings. The van der Waals surface area contributed by atoms with Crippen LogP contribution in [0.5, 0.6) is 0 Å². The Kier molecular flexibility index (Phi) is 8.69. The number of benzene rings is 2. The number of carbonyl (C=O) groups excluding carboxylic acids is 2. The van der Waals surface area contributed by atoms with Gasteiger partial charge >= 0.3 is 0 Å². The number of amides is 2. The smallest absolute Gasteiger partial charge is 0.244 e. The van der Waals surface area contributed by atoms with Gasteiger partial charge in [0.15, 0.2) is 0 Å². The first-order chi connectivity index (χ1) is 15.0. The zero-order chi connectivity index (χ0) is 24.1. The number of aryl methyl sites for hydroxylation is 2. The summed E-state index contributed by atoms with van der Waals surface area (Å²) in [6.45, 7) is 5.27. The van der Waals surface area contributed by atoms with Crippen molar-refractivity contribution in [2.45, 2.75) is 39.8 Å². The number of hydrogen-bond acceptors (Lipinski definition) is 4. The molecule has 0 heterocycles. The molecule has 2 amide bonds. The molecule has 2 aromatic rings. The van der Waals surface area contributed by atoms with Crippen LogP contribution in [0.4, 0.5) is 5.69 Å². The lowest BCUT2D eigenvalue weighted by Crippen LogP contribution is -2.51. The van der Waals surface area contributed by atoms with Crippen LogP contribution in [0.2, 0.25) is 5.02 Å². The highest BCUT2D eigenvalue weighted by Gasteiger charge is 2.31. The van der Waals surface area contributed by atoms with Crippen LogP contribution < -0.4 is 9.62 Å². The van der Waals surface area contributed by atoms with Crippen molar-refractivity contribution >= 4 is 39.1 Å². The van der Waals surface area contributed by atoms with Gasteiger partial charge in [0.1, 0.15) is 12.6 Å². The minimum Gasteiger partial charge on any atom is -0.357 e. The van der Waals surface area contributed by atoms with Crippen LogP contribution in [0.1, 0.15) is 30.0 Å². The van der Waals surface area contributed by atoms with Crippen molar-refractivity contribution in [2.75, 3.05) is 24.2 Å². The highest BCUT2D eigenvalue weighted by molar-refractivity contribution is 7.92. The van der Waals surface area contributed by atoms with E-state index in [2.05, 4.69) is 5.32 Å². The molecular formula is C23H30ClN3O4S. The Balaban J connectivity index is 2.45. The molecular weight excluding hydrogens is 450 g/mol. The Hall–Kier alpha value is -2.58. The maximum absolute atomic E-state index is 13.4. The standard InChI is InChI=1S/C23H30ClN3O4S/c1-6-21(23(29)25-4)26(14-18-7-9-19(24)10-8-18)22(28)15-27(32(5,30)31)20-12-16(2)11-17(3)13-20/h7-13,21H,6,14-15H2,1-5H3,(H,25,29). The predicted octanol–water partition coefficient (Wildman–Crippen LogP) is 3.28. The highest BCUT2D eigenvalue weighted by atomic mass is 35.5. The van der Waals surface area contributed by atoms with Gasteiger partial charge in [0.25, 0.3) is 0 Å². The van der Waals surface area contributed by atoms with Gasteiger partial charge in [-0.15, -0.1) is 0 Å². The topological polar surface area (TPSA) is 86.8 Å². The van der Waals surface area contributed by atoms with Crippen molar-refractivity contribution in [1.82, 2.24) is 10.2 Å². The third-order valence-electron chi connectivity index (χ3n) is 5.07. The van der Waals surface area contributed by atoms with Gasteiger partial charge in [-0.05, 0) is 61.2 Å². The van der Waals surface area contributed by atoms with Gasteiger partial charge in [0, 0.05) is 18.6 Å². The fraction of sp³-hybridized carbons (Fsp3) is 0.391. The highest BCUT2D eigenvalue weighted by Crippen LogP contribution is 2.23. The number of likely N-dealkylation sites (N-methyl/N-ethyl adjacent to an activating group) is 1. The summed E-state index contributed by atoms with van der Waals surface area (Å²) in [6, 6.07) is 11.6. The number of nitrogens with zero attached hydrogens (tertiary/aromatic N) is 2. The van der Waals surface area contributed by atoms with Gasteiger partial charge in [-0.3, -0.25) is 13.9 Å². The Bertz CT molecular complexity index is 1050. The zero-order valence-corrected chi connectivity index (χ0v) is 20.6. The summed E-state index contributed by atoms with van der Waals surface area (Å²) in [5.41, 5.74) is 2.96. The minimum atomic E-state index is -3.75. The molecule has 0 saturated carbocycles. The summed E-state index contributed by atoms with van der Waals surface area (Å²) in [5, 5.41) is 3.15. The molecule has 2 aromatic carbocycles. The maximum atomic E-state index is 13.4. The van der Waals surface area contributed by atoms with Gasteiger partial charge in [-0.25, -0.2) is 8.42 Å². The average Bonchev–Trinajstić information content (AvgIpc) is 2.71. The van der Waals surface area contributed by atoms with E-state index < -0.39 is 28.5 Å². The second-order valence-corrected chi connectivity index (χ2v) is 10.1. The summed E-state index contributed by atoms with van der Waals surface area (Å²) in [6.07, 6.45) is 1.44. The summed E-state index contributed by atoms with van der Waals surface area (Å²) in [7, 11) is -2.24. The molecule has 0 saturated heterocycles. The minimum absolute atomic E-state index is 0.145. The van der Waals surface area contributed by atoms with Crippen LogP contribution in [0.3, 0.4) is 0 Å². The maximum Gasteiger partial charge on any atom is 0.244 e. The van der Waals surface area contributed by atoms with Crippen molar-refractivity contribution in [3.8, 4) is 0 Å². The van der Waals surface area contributed by atoms with Crippen LogP contribution in [-0.2, 0) is 26.2 Å². The van der Waals surface area contributed by atoms with Crippen LogP contribution in [-0.4, -0.2) is 51.0 Å². The fourth-order valence-electron chi connectivity index (χ4n) is 3.58. The number of nitrogens with one attached hydrogen (secondary N) is 1. The van der Waals surface area contributed by atoms with E-state index in [1.807, 2.05) is 19.9 Å². The lowest BCUT2D eigenvalue weighted by Gasteiger charge is -2.32. The quantitative estimate of drug-likeness (QED) is 0.598. The van der Waals surface area contributed by atoms with E-state index in [1.165, 1.54) is 11.9 Å². The molecule has 0 aliphatic rings. The SMILES string of the molecule is CCC(C(=O)NC)N(Cc1ccc(Cl)cc1)C(=O)CN(c1cc(C)cc(C)c1)S(C)(=O)=O. The molecule has 2 rings (SSSR count). The second kappa shape index (κ2) is 10.8. The van der Waals surface area contributed by atoms with E-state index >= 15 is 0 Å². The normalized spacial score (nSPS) is 12.2. The monoisotopic (exact) mass is 479 g/mol. The van der Waals surface area contributed by atoms with Crippen molar-refractivity contribution in [1.29, 1.82) is 0 Å². The Morgan fingerprint density at radius 2 is 1.62 bits per heavy atom. The third-order valence-corrected chi connectivity index (χ3v) is 6.46. The van der Waals surface area contributed by atoms with Crippen molar-refractivity contribution in [3.05, 3.63) is 64.2 Å².